The second-order valence-corrected chi connectivity index (χ2v) is 4.95. The Hall–Kier alpha value is -1.36. The fourth-order valence-electron chi connectivity index (χ4n) is 1.68. The third-order valence-corrected chi connectivity index (χ3v) is 2.79. The molecule has 0 saturated heterocycles. The van der Waals surface area contributed by atoms with Gasteiger partial charge in [-0.1, -0.05) is 20.8 Å². The van der Waals surface area contributed by atoms with Crippen molar-refractivity contribution in [3.05, 3.63) is 12.2 Å². The van der Waals surface area contributed by atoms with Gasteiger partial charge in [0.25, 0.3) is 0 Å². The molecule has 0 fully saturated rings. The molecule has 2 atom stereocenters. The van der Waals surface area contributed by atoms with Crippen LogP contribution in [-0.4, -0.2) is 35.4 Å². The van der Waals surface area contributed by atoms with Crippen molar-refractivity contribution in [2.45, 2.75) is 39.4 Å². The predicted molar refractivity (Wildman–Crippen MR) is 60.1 cm³/mol. The Kier molecular flexibility index (Phi) is 3.62. The predicted octanol–water partition coefficient (Wildman–Crippen LogP) is 0.808. The maximum atomic E-state index is 11.9. The molecule has 0 aromatic heterocycles. The van der Waals surface area contributed by atoms with E-state index < -0.39 is 29.1 Å². The van der Waals surface area contributed by atoms with Gasteiger partial charge in [0.15, 0.2) is 6.10 Å². The molecule has 1 aliphatic heterocycles. The van der Waals surface area contributed by atoms with E-state index in [1.165, 1.54) is 12.2 Å². The number of carbonyl (C=O) groups is 2. The molecule has 1 aliphatic rings. The van der Waals surface area contributed by atoms with Crippen LogP contribution in [0.5, 0.6) is 0 Å². The first-order valence-corrected chi connectivity index (χ1v) is 5.52. The van der Waals surface area contributed by atoms with Gasteiger partial charge in [0.2, 0.25) is 5.60 Å². The van der Waals surface area contributed by atoms with Crippen molar-refractivity contribution in [1.82, 2.24) is 0 Å². The molecule has 96 valence electrons. The lowest BCUT2D eigenvalue weighted by atomic mass is 9.73. The smallest absolute Gasteiger partial charge is 0.343 e. The highest BCUT2D eigenvalue weighted by atomic mass is 16.6. The second kappa shape index (κ2) is 4.49. The number of hydrogen-bond acceptors (Lipinski definition) is 5. The average molecular weight is 242 g/mol. The minimum Gasteiger partial charge on any atom is -0.464 e. The molecule has 1 rings (SSSR count). The van der Waals surface area contributed by atoms with Gasteiger partial charge in [0, 0.05) is 11.5 Å². The molecule has 0 aromatic carbocycles. The lowest BCUT2D eigenvalue weighted by Crippen LogP contribution is -2.59. The first kappa shape index (κ1) is 13.7. The van der Waals surface area contributed by atoms with Crippen molar-refractivity contribution in [2.75, 3.05) is 6.61 Å². The molecule has 0 aromatic rings. The SMILES string of the molecule is CCOC(=O)[C@](O)([C@H]1C=CC(=O)O1)C(C)(C)C. The Bertz CT molecular complexity index is 352. The van der Waals surface area contributed by atoms with E-state index in [1.54, 1.807) is 27.7 Å². The molecule has 5 nitrogen and oxygen atoms in total. The van der Waals surface area contributed by atoms with E-state index in [2.05, 4.69) is 0 Å². The number of esters is 2. The number of ether oxygens (including phenoxy) is 2. The van der Waals surface area contributed by atoms with E-state index >= 15 is 0 Å². The highest BCUT2D eigenvalue weighted by Gasteiger charge is 2.56. The zero-order valence-electron chi connectivity index (χ0n) is 10.5. The van der Waals surface area contributed by atoms with E-state index in [1.807, 2.05) is 0 Å². The molecule has 0 spiro atoms. The third-order valence-electron chi connectivity index (χ3n) is 2.79. The maximum Gasteiger partial charge on any atom is 0.343 e. The van der Waals surface area contributed by atoms with Crippen molar-refractivity contribution in [2.24, 2.45) is 5.41 Å². The van der Waals surface area contributed by atoms with Crippen LogP contribution in [0.25, 0.3) is 0 Å². The molecule has 1 N–H and O–H groups in total. The van der Waals surface area contributed by atoms with Crippen LogP contribution >= 0.6 is 0 Å². The van der Waals surface area contributed by atoms with E-state index in [9.17, 15) is 14.7 Å². The quantitative estimate of drug-likeness (QED) is 0.741. The van der Waals surface area contributed by atoms with Crippen LogP contribution in [0.3, 0.4) is 0 Å². The van der Waals surface area contributed by atoms with Gasteiger partial charge in [0.1, 0.15) is 0 Å². The Morgan fingerprint density at radius 3 is 2.47 bits per heavy atom. The number of carbonyl (C=O) groups excluding carboxylic acids is 2. The van der Waals surface area contributed by atoms with Crippen molar-refractivity contribution in [3.8, 4) is 0 Å². The summed E-state index contributed by atoms with van der Waals surface area (Å²) in [6.45, 7) is 6.86. The van der Waals surface area contributed by atoms with Gasteiger partial charge in [-0.15, -0.1) is 0 Å². The van der Waals surface area contributed by atoms with Crippen LogP contribution in [-0.2, 0) is 19.1 Å². The molecule has 0 saturated carbocycles. The Morgan fingerprint density at radius 2 is 2.12 bits per heavy atom. The topological polar surface area (TPSA) is 72.8 Å². The van der Waals surface area contributed by atoms with Gasteiger partial charge in [0.05, 0.1) is 6.61 Å². The first-order chi connectivity index (χ1) is 7.73. The number of cyclic esters (lactones) is 1. The molecule has 17 heavy (non-hydrogen) atoms. The summed E-state index contributed by atoms with van der Waals surface area (Å²) in [5.41, 5.74) is -2.70. The first-order valence-electron chi connectivity index (χ1n) is 5.52. The minimum absolute atomic E-state index is 0.154. The standard InChI is InChI=1S/C12H18O5/c1-5-16-10(14)12(15,11(2,3)4)8-6-7-9(13)17-8/h6-8,15H,5H2,1-4H3/t8-,12-/m1/s1. The van der Waals surface area contributed by atoms with Gasteiger partial charge >= 0.3 is 11.9 Å². The lowest BCUT2D eigenvalue weighted by molar-refractivity contribution is -0.196. The van der Waals surface area contributed by atoms with Crippen LogP contribution in [0.1, 0.15) is 27.7 Å². The summed E-state index contributed by atoms with van der Waals surface area (Å²) < 4.78 is 9.79. The summed E-state index contributed by atoms with van der Waals surface area (Å²) in [4.78, 5) is 22.9. The monoisotopic (exact) mass is 242 g/mol. The van der Waals surface area contributed by atoms with Crippen LogP contribution in [0, 0.1) is 5.41 Å². The largest absolute Gasteiger partial charge is 0.464 e. The Morgan fingerprint density at radius 1 is 1.53 bits per heavy atom. The molecule has 1 heterocycles. The normalized spacial score (nSPS) is 23.1. The van der Waals surface area contributed by atoms with Crippen molar-refractivity contribution in [3.63, 3.8) is 0 Å². The van der Waals surface area contributed by atoms with Crippen molar-refractivity contribution >= 4 is 11.9 Å². The van der Waals surface area contributed by atoms with E-state index in [-0.39, 0.29) is 6.61 Å². The van der Waals surface area contributed by atoms with Crippen molar-refractivity contribution < 1.29 is 24.2 Å². The van der Waals surface area contributed by atoms with E-state index in [0.717, 1.165) is 0 Å². The molecule has 0 aliphatic carbocycles. The number of hydrogen-bond donors (Lipinski definition) is 1. The average Bonchev–Trinajstić information content (AvgIpc) is 2.62. The fraction of sp³-hybridized carbons (Fsp3) is 0.667. The summed E-state index contributed by atoms with van der Waals surface area (Å²) in [5, 5.41) is 10.6. The molecule has 0 radical (unpaired) electrons. The molecule has 0 amide bonds. The van der Waals surface area contributed by atoms with Crippen LogP contribution in [0.4, 0.5) is 0 Å². The Labute approximate surface area is 100 Å². The van der Waals surface area contributed by atoms with E-state index in [0.29, 0.717) is 0 Å². The number of rotatable bonds is 3. The van der Waals surface area contributed by atoms with Crippen LogP contribution in [0.15, 0.2) is 12.2 Å². The third kappa shape index (κ3) is 2.34. The molecule has 5 heteroatoms. The van der Waals surface area contributed by atoms with Gasteiger partial charge in [-0.2, -0.15) is 0 Å². The lowest BCUT2D eigenvalue weighted by Gasteiger charge is -2.40. The summed E-state index contributed by atoms with van der Waals surface area (Å²) in [6, 6.07) is 0. The Balaban J connectivity index is 3.07. The second-order valence-electron chi connectivity index (χ2n) is 4.95. The van der Waals surface area contributed by atoms with Gasteiger partial charge < -0.3 is 14.6 Å². The number of aliphatic hydroxyl groups is 1. The zero-order chi connectivity index (χ0) is 13.3. The summed E-state index contributed by atoms with van der Waals surface area (Å²) >= 11 is 0. The van der Waals surface area contributed by atoms with Gasteiger partial charge in [-0.3, -0.25) is 0 Å². The maximum absolute atomic E-state index is 11.9. The fourth-order valence-corrected chi connectivity index (χ4v) is 1.68. The summed E-state index contributed by atoms with van der Waals surface area (Å²) in [6.07, 6.45) is 1.57. The van der Waals surface area contributed by atoms with Crippen LogP contribution in [0.2, 0.25) is 0 Å². The molecule has 0 unspecified atom stereocenters. The minimum atomic E-state index is -1.88. The highest BCUT2D eigenvalue weighted by Crippen LogP contribution is 2.37. The zero-order valence-corrected chi connectivity index (χ0v) is 10.5. The van der Waals surface area contributed by atoms with Crippen molar-refractivity contribution in [1.29, 1.82) is 0 Å². The van der Waals surface area contributed by atoms with E-state index in [4.69, 9.17) is 9.47 Å². The van der Waals surface area contributed by atoms with Crippen LogP contribution < -0.4 is 0 Å². The highest BCUT2D eigenvalue weighted by molar-refractivity contribution is 5.88. The summed E-state index contributed by atoms with van der Waals surface area (Å²) in [5.74, 6) is -1.35. The van der Waals surface area contributed by atoms with Gasteiger partial charge in [-0.05, 0) is 13.0 Å². The molecular weight excluding hydrogens is 224 g/mol. The summed E-state index contributed by atoms with van der Waals surface area (Å²) in [7, 11) is 0. The van der Waals surface area contributed by atoms with Gasteiger partial charge in [-0.25, -0.2) is 9.59 Å². The molecule has 0 bridgehead atoms. The molecular formula is C12H18O5.